The molecule has 1 aromatic heterocycles. The highest BCUT2D eigenvalue weighted by atomic mass is 16.4. The van der Waals surface area contributed by atoms with Crippen LogP contribution in [0.15, 0.2) is 6.20 Å². The third-order valence-electron chi connectivity index (χ3n) is 2.23. The first-order chi connectivity index (χ1) is 7.45. The maximum Gasteiger partial charge on any atom is 0.327 e. The lowest BCUT2D eigenvalue weighted by Gasteiger charge is -2.13. The molecule has 0 aliphatic rings. The lowest BCUT2D eigenvalue weighted by Crippen LogP contribution is -2.23. The molecule has 2 N–H and O–H groups in total. The minimum absolute atomic E-state index is 0.446. The van der Waals surface area contributed by atoms with E-state index in [-0.39, 0.29) is 0 Å². The molecule has 0 aliphatic carbocycles. The monoisotopic (exact) mass is 226 g/mol. The molecule has 0 unspecified atom stereocenters. The predicted octanol–water partition coefficient (Wildman–Crippen LogP) is 0.854. The molecule has 1 rings (SSSR count). The van der Waals surface area contributed by atoms with Gasteiger partial charge in [0.2, 0.25) is 0 Å². The Balaban J connectivity index is 3.09. The van der Waals surface area contributed by atoms with Crippen LogP contribution < -0.4 is 0 Å². The Morgan fingerprint density at radius 1 is 1.50 bits per heavy atom. The highest BCUT2D eigenvalue weighted by molar-refractivity contribution is 5.79. The number of nitrogens with zero attached hydrogens (tertiary/aromatic N) is 2. The molecule has 0 aromatic carbocycles. The van der Waals surface area contributed by atoms with Gasteiger partial charge < -0.3 is 14.8 Å². The van der Waals surface area contributed by atoms with Crippen LogP contribution in [-0.4, -0.2) is 31.7 Å². The van der Waals surface area contributed by atoms with Crippen molar-refractivity contribution in [1.82, 2.24) is 9.55 Å². The number of carbonyl (C=O) groups is 2. The van der Waals surface area contributed by atoms with Crippen LogP contribution in [-0.2, 0) is 16.0 Å². The van der Waals surface area contributed by atoms with Gasteiger partial charge in [0, 0.05) is 12.6 Å². The first-order valence-corrected chi connectivity index (χ1v) is 4.94. The number of hydrogen-bond donors (Lipinski definition) is 2. The molecule has 1 aromatic rings. The van der Waals surface area contributed by atoms with Gasteiger partial charge in [-0.1, -0.05) is 6.92 Å². The molecule has 0 amide bonds. The van der Waals surface area contributed by atoms with E-state index in [4.69, 9.17) is 10.2 Å². The second kappa shape index (κ2) is 4.78. The smallest absolute Gasteiger partial charge is 0.327 e. The molecule has 6 heteroatoms. The number of imidazole rings is 1. The molecular weight excluding hydrogens is 212 g/mol. The highest BCUT2D eigenvalue weighted by Gasteiger charge is 2.24. The maximum atomic E-state index is 11.0. The van der Waals surface area contributed by atoms with Gasteiger partial charge in [-0.25, -0.2) is 9.78 Å². The van der Waals surface area contributed by atoms with E-state index in [0.717, 1.165) is 0 Å². The van der Waals surface area contributed by atoms with Crippen LogP contribution in [0.3, 0.4) is 0 Å². The largest absolute Gasteiger partial charge is 0.481 e. The third-order valence-corrected chi connectivity index (χ3v) is 2.23. The Kier molecular flexibility index (Phi) is 3.65. The summed E-state index contributed by atoms with van der Waals surface area (Å²) in [6, 6.07) is -1.09. The first-order valence-electron chi connectivity index (χ1n) is 4.94. The quantitative estimate of drug-likeness (QED) is 0.776. The molecule has 1 atom stereocenters. The summed E-state index contributed by atoms with van der Waals surface area (Å²) in [6.45, 7) is 3.59. The van der Waals surface area contributed by atoms with Crippen molar-refractivity contribution in [3.8, 4) is 0 Å². The molecule has 0 spiro atoms. The van der Waals surface area contributed by atoms with Crippen molar-refractivity contribution in [2.75, 3.05) is 0 Å². The molecule has 0 fully saturated rings. The average molecular weight is 226 g/mol. The summed E-state index contributed by atoms with van der Waals surface area (Å²) in [5.74, 6) is -1.71. The summed E-state index contributed by atoms with van der Waals surface area (Å²) < 4.78 is 1.42. The zero-order valence-electron chi connectivity index (χ0n) is 9.17. The van der Waals surface area contributed by atoms with Crippen molar-refractivity contribution in [3.63, 3.8) is 0 Å². The van der Waals surface area contributed by atoms with E-state index < -0.39 is 24.4 Å². The lowest BCUT2D eigenvalue weighted by atomic mass is 10.2. The Labute approximate surface area is 92.5 Å². The average Bonchev–Trinajstić information content (AvgIpc) is 2.55. The number of hydrogen-bond acceptors (Lipinski definition) is 3. The minimum atomic E-state index is -1.16. The second-order valence-electron chi connectivity index (χ2n) is 3.51. The second-order valence-corrected chi connectivity index (χ2v) is 3.51. The van der Waals surface area contributed by atoms with Crippen LogP contribution in [0.2, 0.25) is 0 Å². The molecule has 0 bridgehead atoms. The molecule has 0 aliphatic heterocycles. The molecule has 1 heterocycles. The van der Waals surface area contributed by atoms with Gasteiger partial charge in [-0.05, 0) is 6.92 Å². The maximum absolute atomic E-state index is 11.0. The van der Waals surface area contributed by atoms with Gasteiger partial charge in [0.25, 0.3) is 0 Å². The summed E-state index contributed by atoms with van der Waals surface area (Å²) in [7, 11) is 0. The number of carboxylic acids is 2. The number of aromatic nitrogens is 2. The van der Waals surface area contributed by atoms with Gasteiger partial charge in [0.15, 0.2) is 0 Å². The van der Waals surface area contributed by atoms with E-state index in [1.807, 2.05) is 6.92 Å². The molecule has 88 valence electrons. The van der Waals surface area contributed by atoms with Crippen LogP contribution in [0, 0.1) is 6.92 Å². The topological polar surface area (TPSA) is 92.4 Å². The van der Waals surface area contributed by atoms with Crippen molar-refractivity contribution in [1.29, 1.82) is 0 Å². The Bertz CT molecular complexity index is 411. The number of carboxylic acid groups (broad SMARTS) is 2. The summed E-state index contributed by atoms with van der Waals surface area (Å²) in [5.41, 5.74) is 0.688. The standard InChI is InChI=1S/C10H14N2O4/c1-3-8-11-6(2)5-12(8)7(10(15)16)4-9(13)14/h5,7H,3-4H2,1-2H3,(H,13,14)(H,15,16)/t7-/m1/s1. The fraction of sp³-hybridized carbons (Fsp3) is 0.500. The summed E-state index contributed by atoms with van der Waals surface area (Å²) in [4.78, 5) is 25.7. The fourth-order valence-electron chi connectivity index (χ4n) is 1.57. The lowest BCUT2D eigenvalue weighted by molar-refractivity contribution is -0.147. The Morgan fingerprint density at radius 3 is 2.56 bits per heavy atom. The summed E-state index contributed by atoms with van der Waals surface area (Å²) in [6.07, 6.45) is 1.69. The first kappa shape index (κ1) is 12.2. The van der Waals surface area contributed by atoms with E-state index in [2.05, 4.69) is 4.98 Å². The SMILES string of the molecule is CCc1nc(C)cn1[C@H](CC(=O)O)C(=O)O. The van der Waals surface area contributed by atoms with E-state index >= 15 is 0 Å². The van der Waals surface area contributed by atoms with Crippen LogP contribution in [0.5, 0.6) is 0 Å². The van der Waals surface area contributed by atoms with E-state index in [9.17, 15) is 9.59 Å². The van der Waals surface area contributed by atoms with Crippen molar-refractivity contribution in [3.05, 3.63) is 17.7 Å². The minimum Gasteiger partial charge on any atom is -0.481 e. The predicted molar refractivity (Wildman–Crippen MR) is 55.3 cm³/mol. The zero-order chi connectivity index (χ0) is 12.3. The Morgan fingerprint density at radius 2 is 2.12 bits per heavy atom. The van der Waals surface area contributed by atoms with Crippen LogP contribution in [0.1, 0.15) is 30.9 Å². The molecule has 0 saturated heterocycles. The van der Waals surface area contributed by atoms with Crippen LogP contribution in [0.4, 0.5) is 0 Å². The zero-order valence-corrected chi connectivity index (χ0v) is 9.17. The van der Waals surface area contributed by atoms with E-state index in [0.29, 0.717) is 17.9 Å². The number of aryl methyl sites for hydroxylation is 2. The fourth-order valence-corrected chi connectivity index (χ4v) is 1.57. The van der Waals surface area contributed by atoms with Crippen molar-refractivity contribution >= 4 is 11.9 Å². The van der Waals surface area contributed by atoms with Gasteiger partial charge in [-0.2, -0.15) is 0 Å². The van der Waals surface area contributed by atoms with Crippen LogP contribution >= 0.6 is 0 Å². The number of aliphatic carboxylic acids is 2. The van der Waals surface area contributed by atoms with Gasteiger partial charge in [-0.3, -0.25) is 4.79 Å². The highest BCUT2D eigenvalue weighted by Crippen LogP contribution is 2.16. The van der Waals surface area contributed by atoms with Gasteiger partial charge in [-0.15, -0.1) is 0 Å². The van der Waals surface area contributed by atoms with Crippen molar-refractivity contribution in [2.24, 2.45) is 0 Å². The van der Waals surface area contributed by atoms with Gasteiger partial charge >= 0.3 is 11.9 Å². The summed E-state index contributed by atoms with van der Waals surface area (Å²) >= 11 is 0. The Hall–Kier alpha value is -1.85. The van der Waals surface area contributed by atoms with Gasteiger partial charge in [0.1, 0.15) is 11.9 Å². The molecule has 16 heavy (non-hydrogen) atoms. The molecule has 0 saturated carbocycles. The molecule has 0 radical (unpaired) electrons. The van der Waals surface area contributed by atoms with Gasteiger partial charge in [0.05, 0.1) is 12.1 Å². The number of rotatable bonds is 5. The molecular formula is C10H14N2O4. The van der Waals surface area contributed by atoms with Crippen LogP contribution in [0.25, 0.3) is 0 Å². The van der Waals surface area contributed by atoms with E-state index in [1.54, 1.807) is 13.1 Å². The van der Waals surface area contributed by atoms with Crippen molar-refractivity contribution in [2.45, 2.75) is 32.7 Å². The normalized spacial score (nSPS) is 12.4. The molecule has 6 nitrogen and oxygen atoms in total. The van der Waals surface area contributed by atoms with Crippen molar-refractivity contribution < 1.29 is 19.8 Å². The third kappa shape index (κ3) is 2.59. The summed E-state index contributed by atoms with van der Waals surface area (Å²) in [5, 5.41) is 17.7. The van der Waals surface area contributed by atoms with E-state index in [1.165, 1.54) is 4.57 Å².